The lowest BCUT2D eigenvalue weighted by Crippen LogP contribution is -2.05. The molecule has 7 heavy (non-hydrogen) atoms. The SMILES string of the molecule is CNC([SiH3])=C(Cl)Cl. The molecule has 0 aromatic heterocycles. The van der Waals surface area contributed by atoms with Crippen LogP contribution in [-0.2, 0) is 0 Å². The molecule has 0 aromatic carbocycles. The molecule has 0 radical (unpaired) electrons. The molecule has 0 heterocycles. The maximum atomic E-state index is 5.35. The van der Waals surface area contributed by atoms with Gasteiger partial charge in [-0.15, -0.1) is 0 Å². The van der Waals surface area contributed by atoms with Crippen molar-refractivity contribution >= 4 is 33.4 Å². The number of hydrogen-bond acceptors (Lipinski definition) is 1. The molecule has 0 unspecified atom stereocenters. The van der Waals surface area contributed by atoms with E-state index >= 15 is 0 Å². The van der Waals surface area contributed by atoms with E-state index in [0.29, 0.717) is 4.49 Å². The number of hydrogen-bond donors (Lipinski definition) is 1. The van der Waals surface area contributed by atoms with Crippen molar-refractivity contribution in [2.75, 3.05) is 7.05 Å². The second-order valence-corrected chi connectivity index (χ2v) is 3.08. The fourth-order valence-corrected chi connectivity index (χ4v) is 0.283. The smallest absolute Gasteiger partial charge is 0.120 e. The molecular formula is C3H7Cl2NSi. The fourth-order valence-electron chi connectivity index (χ4n) is 0.0945. The minimum Gasteiger partial charge on any atom is -0.394 e. The van der Waals surface area contributed by atoms with Crippen LogP contribution in [-0.4, -0.2) is 17.3 Å². The molecule has 0 aliphatic carbocycles. The molecule has 1 N–H and O–H groups in total. The van der Waals surface area contributed by atoms with Gasteiger partial charge in [0.05, 0.1) is 10.2 Å². The first-order chi connectivity index (χ1) is 3.18. The van der Waals surface area contributed by atoms with E-state index in [1.807, 2.05) is 0 Å². The number of rotatable bonds is 1. The third kappa shape index (κ3) is 2.97. The Morgan fingerprint density at radius 3 is 2.00 bits per heavy atom. The summed E-state index contributed by atoms with van der Waals surface area (Å²) in [5, 5.41) is 3.78. The van der Waals surface area contributed by atoms with Crippen LogP contribution in [0.1, 0.15) is 0 Å². The third-order valence-corrected chi connectivity index (χ3v) is 2.86. The van der Waals surface area contributed by atoms with Gasteiger partial charge in [0, 0.05) is 12.4 Å². The number of nitrogens with one attached hydrogen (secondary N) is 1. The van der Waals surface area contributed by atoms with E-state index in [0.717, 1.165) is 15.6 Å². The molecule has 0 fully saturated rings. The van der Waals surface area contributed by atoms with Gasteiger partial charge in [0.25, 0.3) is 0 Å². The molecule has 0 saturated heterocycles. The Balaban J connectivity index is 3.72. The molecule has 0 aliphatic heterocycles. The van der Waals surface area contributed by atoms with Crippen LogP contribution >= 0.6 is 23.2 Å². The summed E-state index contributed by atoms with van der Waals surface area (Å²) >= 11 is 10.7. The minimum atomic E-state index is 0.356. The first-order valence-electron chi connectivity index (χ1n) is 1.88. The average Bonchev–Trinajstić information content (AvgIpc) is 1.65. The highest BCUT2D eigenvalue weighted by Gasteiger charge is 1.86. The van der Waals surface area contributed by atoms with Gasteiger partial charge in [-0.3, -0.25) is 0 Å². The van der Waals surface area contributed by atoms with Gasteiger partial charge in [-0.05, 0) is 0 Å². The molecule has 0 saturated carbocycles. The highest BCUT2D eigenvalue weighted by Crippen LogP contribution is 2.07. The molecule has 0 rings (SSSR count). The van der Waals surface area contributed by atoms with Crippen molar-refractivity contribution in [3.8, 4) is 0 Å². The summed E-state index contributed by atoms with van der Waals surface area (Å²) in [4.78, 5) is 0. The van der Waals surface area contributed by atoms with Gasteiger partial charge in [0.15, 0.2) is 0 Å². The average molecular weight is 156 g/mol. The van der Waals surface area contributed by atoms with Crippen LogP contribution in [0.2, 0.25) is 0 Å². The minimum absolute atomic E-state index is 0.356. The second-order valence-electron chi connectivity index (χ2n) is 1.14. The largest absolute Gasteiger partial charge is 0.394 e. The van der Waals surface area contributed by atoms with Gasteiger partial charge in [-0.25, -0.2) is 0 Å². The van der Waals surface area contributed by atoms with Gasteiger partial charge in [-0.2, -0.15) is 0 Å². The van der Waals surface area contributed by atoms with Crippen LogP contribution in [0.25, 0.3) is 0 Å². The standard InChI is InChI=1S/C3H7Cl2NSi/c1-6-3(7)2(4)5/h6H,1,7H3. The van der Waals surface area contributed by atoms with Crippen molar-refractivity contribution < 1.29 is 0 Å². The van der Waals surface area contributed by atoms with E-state index in [1.165, 1.54) is 0 Å². The molecule has 0 spiro atoms. The van der Waals surface area contributed by atoms with Crippen LogP contribution in [0.15, 0.2) is 9.81 Å². The van der Waals surface area contributed by atoms with Crippen LogP contribution in [0, 0.1) is 0 Å². The molecule has 42 valence electrons. The highest BCUT2D eigenvalue weighted by atomic mass is 35.5. The summed E-state index contributed by atoms with van der Waals surface area (Å²) < 4.78 is 0.356. The number of halogens is 2. The fraction of sp³-hybridized carbons (Fsp3) is 0.333. The lowest BCUT2D eigenvalue weighted by atomic mass is 11.0. The quantitative estimate of drug-likeness (QED) is 0.534. The van der Waals surface area contributed by atoms with Crippen LogP contribution < -0.4 is 5.32 Å². The summed E-state index contributed by atoms with van der Waals surface area (Å²) in [5.41, 5.74) is 0. The molecule has 1 nitrogen and oxygen atoms in total. The lowest BCUT2D eigenvalue weighted by Gasteiger charge is -1.95. The molecule has 0 atom stereocenters. The Labute approximate surface area is 56.1 Å². The zero-order valence-corrected chi connectivity index (χ0v) is 7.77. The van der Waals surface area contributed by atoms with E-state index in [4.69, 9.17) is 23.2 Å². The van der Waals surface area contributed by atoms with Crippen molar-refractivity contribution in [2.45, 2.75) is 0 Å². The lowest BCUT2D eigenvalue weighted by molar-refractivity contribution is 1.07. The summed E-state index contributed by atoms with van der Waals surface area (Å²) in [6, 6.07) is 0. The maximum absolute atomic E-state index is 5.35. The Morgan fingerprint density at radius 1 is 1.57 bits per heavy atom. The van der Waals surface area contributed by atoms with E-state index in [2.05, 4.69) is 5.32 Å². The summed E-state index contributed by atoms with van der Waals surface area (Å²) in [5.74, 6) is 0. The zero-order chi connectivity index (χ0) is 5.86. The first kappa shape index (κ1) is 7.34. The van der Waals surface area contributed by atoms with E-state index in [1.54, 1.807) is 7.05 Å². The first-order valence-corrected chi connectivity index (χ1v) is 3.63. The van der Waals surface area contributed by atoms with Crippen molar-refractivity contribution in [2.24, 2.45) is 0 Å². The molecule has 0 amide bonds. The normalized spacial score (nSPS) is 8.43. The van der Waals surface area contributed by atoms with E-state index in [9.17, 15) is 0 Å². The Morgan fingerprint density at radius 2 is 2.00 bits per heavy atom. The summed E-state index contributed by atoms with van der Waals surface area (Å²) in [6.45, 7) is 0. The second kappa shape index (κ2) is 3.35. The van der Waals surface area contributed by atoms with Gasteiger partial charge in [-0.1, -0.05) is 23.2 Å². The summed E-state index contributed by atoms with van der Waals surface area (Å²) in [7, 11) is 2.68. The van der Waals surface area contributed by atoms with Crippen molar-refractivity contribution in [3.05, 3.63) is 9.81 Å². The predicted molar refractivity (Wildman–Crippen MR) is 37.7 cm³/mol. The Kier molecular flexibility index (Phi) is 3.51. The van der Waals surface area contributed by atoms with Gasteiger partial charge < -0.3 is 5.32 Å². The predicted octanol–water partition coefficient (Wildman–Crippen LogP) is 0.175. The summed E-state index contributed by atoms with van der Waals surface area (Å²) in [6.07, 6.45) is 0. The molecule has 0 aromatic rings. The molecule has 0 bridgehead atoms. The van der Waals surface area contributed by atoms with Crippen LogP contribution in [0.5, 0.6) is 0 Å². The monoisotopic (exact) mass is 155 g/mol. The molecule has 4 heteroatoms. The highest BCUT2D eigenvalue weighted by molar-refractivity contribution is 6.58. The van der Waals surface area contributed by atoms with Crippen molar-refractivity contribution in [3.63, 3.8) is 0 Å². The van der Waals surface area contributed by atoms with Gasteiger partial charge in [0.1, 0.15) is 4.49 Å². The van der Waals surface area contributed by atoms with Crippen LogP contribution in [0.4, 0.5) is 0 Å². The Bertz CT molecular complexity index is 86.9. The molecule has 0 aliphatic rings. The van der Waals surface area contributed by atoms with Gasteiger partial charge >= 0.3 is 0 Å². The van der Waals surface area contributed by atoms with Crippen LogP contribution in [0.3, 0.4) is 0 Å². The Hall–Kier alpha value is 0.337. The van der Waals surface area contributed by atoms with Crippen molar-refractivity contribution in [1.82, 2.24) is 5.32 Å². The third-order valence-electron chi connectivity index (χ3n) is 0.658. The maximum Gasteiger partial charge on any atom is 0.120 e. The van der Waals surface area contributed by atoms with E-state index in [-0.39, 0.29) is 0 Å². The topological polar surface area (TPSA) is 12.0 Å². The van der Waals surface area contributed by atoms with E-state index < -0.39 is 0 Å². The molecular weight excluding hydrogens is 149 g/mol. The zero-order valence-electron chi connectivity index (χ0n) is 4.26. The van der Waals surface area contributed by atoms with Crippen molar-refractivity contribution in [1.29, 1.82) is 0 Å². The van der Waals surface area contributed by atoms with Gasteiger partial charge in [0.2, 0.25) is 0 Å².